The average Bonchev–Trinajstić information content (AvgIpc) is 2.69. The van der Waals surface area contributed by atoms with Gasteiger partial charge in [-0.1, -0.05) is 30.7 Å². The second-order valence-electron chi connectivity index (χ2n) is 6.73. The number of carbonyl (C=O) groups is 1. The summed E-state index contributed by atoms with van der Waals surface area (Å²) >= 11 is 0. The molecule has 7 heteroatoms. The smallest absolute Gasteiger partial charge is 0.243 e. The third-order valence-corrected chi connectivity index (χ3v) is 6.58. The van der Waals surface area contributed by atoms with Crippen LogP contribution < -0.4 is 5.32 Å². The van der Waals surface area contributed by atoms with E-state index in [1.807, 2.05) is 0 Å². The molecular weight excluding hydrogens is 364 g/mol. The number of sulfonamides is 1. The minimum absolute atomic E-state index is 0.134. The summed E-state index contributed by atoms with van der Waals surface area (Å²) in [6.07, 6.45) is 3.12. The van der Waals surface area contributed by atoms with E-state index in [4.69, 9.17) is 0 Å². The monoisotopic (exact) mass is 388 g/mol. The fourth-order valence-corrected chi connectivity index (χ4v) is 4.61. The Kier molecular flexibility index (Phi) is 6.13. The maximum absolute atomic E-state index is 12.6. The summed E-state index contributed by atoms with van der Waals surface area (Å²) < 4.78 is 26.8. The highest BCUT2D eigenvalue weighted by Gasteiger charge is 2.25. The van der Waals surface area contributed by atoms with E-state index in [1.165, 1.54) is 0 Å². The molecule has 2 N–H and O–H groups in total. The minimum Gasteiger partial charge on any atom is -0.508 e. The van der Waals surface area contributed by atoms with Crippen molar-refractivity contribution >= 4 is 15.9 Å². The maximum Gasteiger partial charge on any atom is 0.243 e. The summed E-state index contributed by atoms with van der Waals surface area (Å²) in [6, 6.07) is 13.2. The van der Waals surface area contributed by atoms with Crippen LogP contribution in [0.5, 0.6) is 5.75 Å². The second kappa shape index (κ2) is 8.54. The van der Waals surface area contributed by atoms with Gasteiger partial charge in [-0.25, -0.2) is 8.42 Å². The number of nitrogens with zero attached hydrogens (tertiary/aromatic N) is 1. The quantitative estimate of drug-likeness (QED) is 0.796. The number of amides is 1. The first kappa shape index (κ1) is 19.4. The lowest BCUT2D eigenvalue weighted by Crippen LogP contribution is -2.35. The molecule has 1 aliphatic heterocycles. The van der Waals surface area contributed by atoms with Crippen molar-refractivity contribution in [2.75, 3.05) is 13.1 Å². The first-order valence-electron chi connectivity index (χ1n) is 9.09. The lowest BCUT2D eigenvalue weighted by Gasteiger charge is -2.25. The van der Waals surface area contributed by atoms with Gasteiger partial charge in [-0.2, -0.15) is 4.31 Å². The van der Waals surface area contributed by atoms with E-state index in [2.05, 4.69) is 5.32 Å². The van der Waals surface area contributed by atoms with Crippen molar-refractivity contribution < 1.29 is 18.3 Å². The van der Waals surface area contributed by atoms with E-state index >= 15 is 0 Å². The van der Waals surface area contributed by atoms with Crippen LogP contribution in [-0.2, 0) is 27.8 Å². The van der Waals surface area contributed by atoms with Crippen LogP contribution in [0.3, 0.4) is 0 Å². The second-order valence-corrected chi connectivity index (χ2v) is 8.67. The van der Waals surface area contributed by atoms with Gasteiger partial charge in [0, 0.05) is 19.6 Å². The van der Waals surface area contributed by atoms with Gasteiger partial charge in [0.1, 0.15) is 5.75 Å². The number of phenolic OH excluding ortho intramolecular Hbond substituents is 1. The SMILES string of the molecule is O=C(Cc1ccc(O)cc1)NCc1ccc(S(=O)(=O)N2CCCCC2)cc1. The fourth-order valence-electron chi connectivity index (χ4n) is 3.10. The third kappa shape index (κ3) is 5.08. The molecule has 0 bridgehead atoms. The Morgan fingerprint density at radius 2 is 1.52 bits per heavy atom. The first-order chi connectivity index (χ1) is 12.9. The van der Waals surface area contributed by atoms with Crippen LogP contribution in [0.1, 0.15) is 30.4 Å². The molecule has 27 heavy (non-hydrogen) atoms. The number of piperidine rings is 1. The van der Waals surface area contributed by atoms with Crippen molar-refractivity contribution in [3.63, 3.8) is 0 Å². The van der Waals surface area contributed by atoms with E-state index in [9.17, 15) is 18.3 Å². The van der Waals surface area contributed by atoms with Crippen LogP contribution >= 0.6 is 0 Å². The lowest BCUT2D eigenvalue weighted by molar-refractivity contribution is -0.120. The van der Waals surface area contributed by atoms with Gasteiger partial charge >= 0.3 is 0 Å². The molecule has 0 radical (unpaired) electrons. The highest BCUT2D eigenvalue weighted by Crippen LogP contribution is 2.20. The zero-order chi connectivity index (χ0) is 19.3. The molecule has 1 heterocycles. The van der Waals surface area contributed by atoms with Crippen molar-refractivity contribution in [1.29, 1.82) is 0 Å². The van der Waals surface area contributed by atoms with Crippen molar-refractivity contribution in [2.45, 2.75) is 37.1 Å². The van der Waals surface area contributed by atoms with E-state index < -0.39 is 10.0 Å². The first-order valence-corrected chi connectivity index (χ1v) is 10.5. The molecule has 0 aliphatic carbocycles. The predicted molar refractivity (Wildman–Crippen MR) is 103 cm³/mol. The summed E-state index contributed by atoms with van der Waals surface area (Å²) in [5.74, 6) is 0.0319. The van der Waals surface area contributed by atoms with Gasteiger partial charge in [0.25, 0.3) is 0 Å². The van der Waals surface area contributed by atoms with E-state index in [0.29, 0.717) is 24.5 Å². The summed E-state index contributed by atoms with van der Waals surface area (Å²) in [5, 5.41) is 12.1. The topological polar surface area (TPSA) is 86.7 Å². The molecule has 3 rings (SSSR count). The number of nitrogens with one attached hydrogen (secondary N) is 1. The number of hydrogen-bond acceptors (Lipinski definition) is 4. The lowest BCUT2D eigenvalue weighted by atomic mass is 10.1. The number of hydrogen-bond donors (Lipinski definition) is 2. The molecule has 0 atom stereocenters. The molecule has 144 valence electrons. The predicted octanol–water partition coefficient (Wildman–Crippen LogP) is 2.43. The van der Waals surface area contributed by atoms with Crippen molar-refractivity contribution in [3.05, 3.63) is 59.7 Å². The molecular formula is C20H24N2O4S. The average molecular weight is 388 g/mol. The number of phenols is 1. The van der Waals surface area contributed by atoms with Crippen LogP contribution in [0.4, 0.5) is 0 Å². The summed E-state index contributed by atoms with van der Waals surface area (Å²) in [7, 11) is -3.43. The summed E-state index contributed by atoms with van der Waals surface area (Å²) in [5.41, 5.74) is 1.65. The Morgan fingerprint density at radius 3 is 2.15 bits per heavy atom. The minimum atomic E-state index is -3.43. The molecule has 6 nitrogen and oxygen atoms in total. The number of aromatic hydroxyl groups is 1. The Morgan fingerprint density at radius 1 is 0.926 bits per heavy atom. The molecule has 1 amide bonds. The molecule has 0 aromatic heterocycles. The number of rotatable bonds is 6. The van der Waals surface area contributed by atoms with Gasteiger partial charge in [0.15, 0.2) is 0 Å². The number of benzene rings is 2. The molecule has 2 aromatic rings. The highest BCUT2D eigenvalue weighted by molar-refractivity contribution is 7.89. The Bertz CT molecular complexity index is 871. The van der Waals surface area contributed by atoms with Gasteiger partial charge < -0.3 is 10.4 Å². The van der Waals surface area contributed by atoms with Gasteiger partial charge in [0.2, 0.25) is 15.9 Å². The summed E-state index contributed by atoms with van der Waals surface area (Å²) in [6.45, 7) is 1.50. The van der Waals surface area contributed by atoms with Crippen LogP contribution in [0, 0.1) is 0 Å². The number of carbonyl (C=O) groups excluding carboxylic acids is 1. The van der Waals surface area contributed by atoms with Crippen LogP contribution in [0.25, 0.3) is 0 Å². The van der Waals surface area contributed by atoms with E-state index in [0.717, 1.165) is 30.4 Å². The van der Waals surface area contributed by atoms with E-state index in [-0.39, 0.29) is 18.1 Å². The largest absolute Gasteiger partial charge is 0.508 e. The molecule has 1 aliphatic rings. The van der Waals surface area contributed by atoms with Gasteiger partial charge in [0.05, 0.1) is 11.3 Å². The maximum atomic E-state index is 12.6. The molecule has 0 unspecified atom stereocenters. The molecule has 2 aromatic carbocycles. The normalized spacial score (nSPS) is 15.4. The zero-order valence-electron chi connectivity index (χ0n) is 15.1. The molecule has 0 spiro atoms. The standard InChI is InChI=1S/C20H24N2O4S/c23-18-8-4-16(5-9-18)14-20(24)21-15-17-6-10-19(11-7-17)27(25,26)22-12-2-1-3-13-22/h4-11,23H,1-3,12-15H2,(H,21,24). The Balaban J connectivity index is 1.55. The van der Waals surface area contributed by atoms with Gasteiger partial charge in [-0.3, -0.25) is 4.79 Å². The fraction of sp³-hybridized carbons (Fsp3) is 0.350. The van der Waals surface area contributed by atoms with Gasteiger partial charge in [-0.05, 0) is 48.2 Å². The Hall–Kier alpha value is -2.38. The van der Waals surface area contributed by atoms with Crippen molar-refractivity contribution in [1.82, 2.24) is 9.62 Å². The summed E-state index contributed by atoms with van der Waals surface area (Å²) in [4.78, 5) is 12.3. The van der Waals surface area contributed by atoms with Crippen molar-refractivity contribution in [3.8, 4) is 5.75 Å². The molecule has 1 fully saturated rings. The van der Waals surface area contributed by atoms with Crippen LogP contribution in [0.2, 0.25) is 0 Å². The van der Waals surface area contributed by atoms with Crippen molar-refractivity contribution in [2.24, 2.45) is 0 Å². The van der Waals surface area contributed by atoms with E-state index in [1.54, 1.807) is 52.8 Å². The van der Waals surface area contributed by atoms with Gasteiger partial charge in [-0.15, -0.1) is 0 Å². The molecule has 0 saturated carbocycles. The highest BCUT2D eigenvalue weighted by atomic mass is 32.2. The zero-order valence-corrected chi connectivity index (χ0v) is 15.9. The van der Waals surface area contributed by atoms with Crippen LogP contribution in [-0.4, -0.2) is 36.8 Å². The molecule has 1 saturated heterocycles. The van der Waals surface area contributed by atoms with Crippen LogP contribution in [0.15, 0.2) is 53.4 Å². The third-order valence-electron chi connectivity index (χ3n) is 4.67. The Labute approximate surface area is 159 Å².